The van der Waals surface area contributed by atoms with E-state index in [2.05, 4.69) is 147 Å². The maximum atomic E-state index is 5.15. The maximum absolute atomic E-state index is 5.15. The number of rotatable bonds is 3. The summed E-state index contributed by atoms with van der Waals surface area (Å²) in [5.74, 6) is 1.97. The summed E-state index contributed by atoms with van der Waals surface area (Å²) in [7, 11) is 0. The summed E-state index contributed by atoms with van der Waals surface area (Å²) in [6.45, 7) is 4.72. The molecular weight excluding hydrogens is 645 g/mol. The van der Waals surface area contributed by atoms with E-state index < -0.39 is 5.41 Å². The van der Waals surface area contributed by atoms with Crippen molar-refractivity contribution < 1.29 is 0 Å². The summed E-state index contributed by atoms with van der Waals surface area (Å²) in [4.78, 5) is 15.3. The highest BCUT2D eigenvalue weighted by atomic mass is 15.0. The van der Waals surface area contributed by atoms with Crippen LogP contribution in [0.15, 0.2) is 164 Å². The molecule has 2 aliphatic carbocycles. The molecule has 1 atom stereocenters. The number of anilines is 2. The Hall–Kier alpha value is -6.65. The minimum absolute atomic E-state index is 0.197. The molecule has 53 heavy (non-hydrogen) atoms. The first kappa shape index (κ1) is 30.0. The third-order valence-corrected chi connectivity index (χ3v) is 11.7. The lowest BCUT2D eigenvalue weighted by Crippen LogP contribution is -2.29. The van der Waals surface area contributed by atoms with Crippen LogP contribution < -0.4 is 5.32 Å². The van der Waals surface area contributed by atoms with Crippen molar-refractivity contribution in [2.45, 2.75) is 24.7 Å². The van der Waals surface area contributed by atoms with Crippen LogP contribution in [0.1, 0.15) is 47.2 Å². The number of hydrogen-bond acceptors (Lipinski definition) is 4. The van der Waals surface area contributed by atoms with Gasteiger partial charge in [-0.05, 0) is 73.8 Å². The molecule has 4 heteroatoms. The van der Waals surface area contributed by atoms with E-state index >= 15 is 0 Å². The molecule has 8 aromatic rings. The number of hydrogen-bond donors (Lipinski definition) is 1. The molecule has 250 valence electrons. The Morgan fingerprint density at radius 1 is 0.358 bits per heavy atom. The van der Waals surface area contributed by atoms with Gasteiger partial charge in [0.25, 0.3) is 0 Å². The van der Waals surface area contributed by atoms with Gasteiger partial charge in [0, 0.05) is 33.5 Å². The monoisotopic (exact) mass is 678 g/mol. The first-order valence-corrected chi connectivity index (χ1v) is 18.3. The Bertz CT molecular complexity index is 2730. The molecule has 0 amide bonds. The Balaban J connectivity index is 1.18. The molecule has 3 aliphatic rings. The van der Waals surface area contributed by atoms with Crippen LogP contribution in [-0.4, -0.2) is 15.0 Å². The van der Waals surface area contributed by atoms with Gasteiger partial charge in [-0.15, -0.1) is 0 Å². The van der Waals surface area contributed by atoms with E-state index in [0.717, 1.165) is 16.7 Å². The Morgan fingerprint density at radius 3 is 1.49 bits per heavy atom. The minimum atomic E-state index is -0.520. The molecule has 1 unspecified atom stereocenters. The van der Waals surface area contributed by atoms with Crippen molar-refractivity contribution >= 4 is 11.4 Å². The predicted molar refractivity (Wildman–Crippen MR) is 214 cm³/mol. The van der Waals surface area contributed by atoms with E-state index in [1.807, 2.05) is 36.4 Å². The van der Waals surface area contributed by atoms with Gasteiger partial charge in [0.2, 0.25) is 0 Å². The van der Waals surface area contributed by atoms with Crippen molar-refractivity contribution in [1.82, 2.24) is 15.0 Å². The zero-order valence-corrected chi connectivity index (χ0v) is 29.4. The van der Waals surface area contributed by atoms with Crippen molar-refractivity contribution in [3.8, 4) is 56.4 Å². The van der Waals surface area contributed by atoms with E-state index in [1.165, 1.54) is 67.0 Å². The Morgan fingerprint density at radius 2 is 0.849 bits per heavy atom. The lowest BCUT2D eigenvalue weighted by atomic mass is 9.68. The van der Waals surface area contributed by atoms with E-state index in [9.17, 15) is 0 Å². The predicted octanol–water partition coefficient (Wildman–Crippen LogP) is 11.6. The van der Waals surface area contributed by atoms with Crippen LogP contribution in [0.4, 0.5) is 11.4 Å². The molecule has 1 aromatic heterocycles. The van der Waals surface area contributed by atoms with Crippen LogP contribution in [0.5, 0.6) is 0 Å². The molecular formula is C49H34N4. The van der Waals surface area contributed by atoms with Gasteiger partial charge in [0.05, 0.1) is 5.41 Å². The Kier molecular flexibility index (Phi) is 6.19. The van der Waals surface area contributed by atoms with Crippen LogP contribution in [0.3, 0.4) is 0 Å². The largest absolute Gasteiger partial charge is 0.355 e. The number of benzene rings is 7. The van der Waals surface area contributed by atoms with Crippen molar-refractivity contribution in [2.24, 2.45) is 0 Å². The van der Waals surface area contributed by atoms with Crippen LogP contribution in [-0.2, 0) is 10.8 Å². The molecule has 0 radical (unpaired) electrons. The third kappa shape index (κ3) is 4.15. The van der Waals surface area contributed by atoms with Gasteiger partial charge in [-0.2, -0.15) is 0 Å². The second-order valence-corrected chi connectivity index (χ2v) is 14.9. The second-order valence-electron chi connectivity index (χ2n) is 14.9. The lowest BCUT2D eigenvalue weighted by Gasteiger charge is -2.38. The van der Waals surface area contributed by atoms with Crippen molar-refractivity contribution in [3.05, 3.63) is 197 Å². The molecule has 1 spiro atoms. The highest BCUT2D eigenvalue weighted by molar-refractivity contribution is 5.97. The smallest absolute Gasteiger partial charge is 0.164 e. The number of nitrogens with one attached hydrogen (secondary N) is 1. The fourth-order valence-corrected chi connectivity index (χ4v) is 9.31. The average Bonchev–Trinajstić information content (AvgIpc) is 3.67. The molecule has 11 rings (SSSR count). The number of aromatic nitrogens is 3. The van der Waals surface area contributed by atoms with E-state index in [0.29, 0.717) is 17.5 Å². The topological polar surface area (TPSA) is 50.7 Å². The summed E-state index contributed by atoms with van der Waals surface area (Å²) in [6.07, 6.45) is 0. The van der Waals surface area contributed by atoms with Crippen LogP contribution in [0.2, 0.25) is 0 Å². The summed E-state index contributed by atoms with van der Waals surface area (Å²) < 4.78 is 0. The van der Waals surface area contributed by atoms with Crippen LogP contribution >= 0.6 is 0 Å². The third-order valence-electron chi connectivity index (χ3n) is 11.7. The van der Waals surface area contributed by atoms with Crippen LogP contribution in [0, 0.1) is 0 Å². The molecule has 1 N–H and O–H groups in total. The first-order valence-electron chi connectivity index (χ1n) is 18.3. The van der Waals surface area contributed by atoms with E-state index in [4.69, 9.17) is 15.0 Å². The maximum Gasteiger partial charge on any atom is 0.164 e. The standard InChI is InChI=1S/C49H34N4/c1-48(2)39-23-13-14-24-43(39)50-44-28-36-34-20-10-12-22-38(34)49(41(36)29-42(44)48)37-21-11-9-19-33(37)35-26-25-32(27-40(35)49)47-52-45(30-15-5-3-6-16-30)51-46(53-47)31-17-7-4-8-18-31/h3-29,50H,1-2H3. The van der Waals surface area contributed by atoms with E-state index in [1.54, 1.807) is 0 Å². The molecule has 0 saturated carbocycles. The fourth-order valence-electron chi connectivity index (χ4n) is 9.31. The molecule has 0 saturated heterocycles. The molecule has 2 heterocycles. The van der Waals surface area contributed by atoms with Crippen molar-refractivity contribution in [2.75, 3.05) is 5.32 Å². The number of nitrogens with zero attached hydrogens (tertiary/aromatic N) is 3. The van der Waals surface area contributed by atoms with Crippen LogP contribution in [0.25, 0.3) is 56.4 Å². The normalized spacial score (nSPS) is 16.5. The quantitative estimate of drug-likeness (QED) is 0.202. The van der Waals surface area contributed by atoms with Gasteiger partial charge >= 0.3 is 0 Å². The number of para-hydroxylation sites is 1. The van der Waals surface area contributed by atoms with Gasteiger partial charge in [-0.25, -0.2) is 15.0 Å². The molecule has 4 nitrogen and oxygen atoms in total. The Labute approximate surface area is 308 Å². The van der Waals surface area contributed by atoms with Gasteiger partial charge in [-0.1, -0.05) is 159 Å². The molecule has 7 aromatic carbocycles. The molecule has 0 bridgehead atoms. The SMILES string of the molecule is CC1(C)c2ccccc2Nc2cc3c(cc21)C1(c2ccccc2-c2ccc(-c4nc(-c5ccccc5)nc(-c5ccccc5)n4)cc21)c1ccccc1-3. The zero-order valence-electron chi connectivity index (χ0n) is 29.4. The summed E-state index contributed by atoms with van der Waals surface area (Å²) in [5.41, 5.74) is 17.4. The fraction of sp³-hybridized carbons (Fsp3) is 0.0816. The van der Waals surface area contributed by atoms with Crippen molar-refractivity contribution in [1.29, 1.82) is 0 Å². The van der Waals surface area contributed by atoms with Gasteiger partial charge in [-0.3, -0.25) is 0 Å². The molecule has 0 fully saturated rings. The summed E-state index contributed by atoms with van der Waals surface area (Å²) in [6, 6.07) is 58.8. The lowest BCUT2D eigenvalue weighted by molar-refractivity contribution is 0.635. The minimum Gasteiger partial charge on any atom is -0.355 e. The summed E-state index contributed by atoms with van der Waals surface area (Å²) in [5, 5.41) is 3.82. The highest BCUT2D eigenvalue weighted by Crippen LogP contribution is 2.64. The second kappa shape index (κ2) is 10.9. The highest BCUT2D eigenvalue weighted by Gasteiger charge is 2.52. The van der Waals surface area contributed by atoms with Crippen molar-refractivity contribution in [3.63, 3.8) is 0 Å². The van der Waals surface area contributed by atoms with Gasteiger partial charge in [0.15, 0.2) is 17.5 Å². The van der Waals surface area contributed by atoms with E-state index in [-0.39, 0.29) is 5.41 Å². The number of fused-ring (bicyclic) bond motifs is 12. The first-order chi connectivity index (χ1) is 26.0. The summed E-state index contributed by atoms with van der Waals surface area (Å²) >= 11 is 0. The zero-order chi connectivity index (χ0) is 35.3. The molecule has 1 aliphatic heterocycles. The van der Waals surface area contributed by atoms with Gasteiger partial charge in [0.1, 0.15) is 0 Å². The average molecular weight is 679 g/mol. The van der Waals surface area contributed by atoms with Gasteiger partial charge < -0.3 is 5.32 Å².